The molecule has 1 fully saturated rings. The van der Waals surface area contributed by atoms with Crippen LogP contribution in [0.15, 0.2) is 54.6 Å². The van der Waals surface area contributed by atoms with Gasteiger partial charge in [-0.1, -0.05) is 67.1 Å². The van der Waals surface area contributed by atoms with Crippen LogP contribution in [0.1, 0.15) is 48.9 Å². The lowest BCUT2D eigenvalue weighted by atomic mass is 9.94. The molecule has 2 aromatic rings. The Bertz CT molecular complexity index is 688. The van der Waals surface area contributed by atoms with Crippen LogP contribution in [-0.2, 0) is 11.3 Å². The second kappa shape index (κ2) is 9.00. The molecule has 1 N–H and O–H groups in total. The molecule has 0 spiro atoms. The van der Waals surface area contributed by atoms with E-state index in [2.05, 4.69) is 78.7 Å². The summed E-state index contributed by atoms with van der Waals surface area (Å²) in [5.74, 6) is 0.360. The number of hydrogen-bond acceptors (Lipinski definition) is 2. The molecule has 0 aliphatic carbocycles. The summed E-state index contributed by atoms with van der Waals surface area (Å²) in [4.78, 5) is 15.2. The molecule has 1 heterocycles. The number of nitrogens with zero attached hydrogens (tertiary/aromatic N) is 1. The van der Waals surface area contributed by atoms with Crippen molar-refractivity contribution in [3.8, 4) is 0 Å². The smallest absolute Gasteiger partial charge is 0.223 e. The molecule has 1 aliphatic rings. The minimum atomic E-state index is 0.116. The van der Waals surface area contributed by atoms with Gasteiger partial charge in [-0.2, -0.15) is 0 Å². The normalized spacial score (nSPS) is 17.0. The van der Waals surface area contributed by atoms with Crippen molar-refractivity contribution in [2.24, 2.45) is 5.92 Å². The van der Waals surface area contributed by atoms with Gasteiger partial charge in [0.15, 0.2) is 0 Å². The van der Waals surface area contributed by atoms with E-state index in [1.807, 2.05) is 0 Å². The molecular formula is C23H30N2O. The van der Waals surface area contributed by atoms with Crippen molar-refractivity contribution in [2.45, 2.75) is 45.7 Å². The van der Waals surface area contributed by atoms with Crippen LogP contribution >= 0.6 is 0 Å². The van der Waals surface area contributed by atoms with Gasteiger partial charge in [-0.15, -0.1) is 0 Å². The summed E-state index contributed by atoms with van der Waals surface area (Å²) in [6.07, 6.45) is 2.81. The van der Waals surface area contributed by atoms with Gasteiger partial charge in [0.25, 0.3) is 0 Å². The fourth-order valence-corrected chi connectivity index (χ4v) is 3.70. The highest BCUT2D eigenvalue weighted by atomic mass is 16.1. The van der Waals surface area contributed by atoms with Crippen molar-refractivity contribution in [1.82, 2.24) is 10.2 Å². The minimum Gasteiger partial charge on any atom is -0.349 e. The highest BCUT2D eigenvalue weighted by Crippen LogP contribution is 2.22. The highest BCUT2D eigenvalue weighted by Gasteiger charge is 2.26. The molecule has 1 atom stereocenters. The molecule has 0 aromatic heterocycles. The number of aryl methyl sites for hydroxylation is 1. The molecular weight excluding hydrogens is 320 g/mol. The van der Waals surface area contributed by atoms with Gasteiger partial charge in [0.05, 0.1) is 6.04 Å². The number of hydrogen-bond donors (Lipinski definition) is 1. The summed E-state index contributed by atoms with van der Waals surface area (Å²) < 4.78 is 0. The maximum Gasteiger partial charge on any atom is 0.223 e. The Morgan fingerprint density at radius 3 is 2.35 bits per heavy atom. The Hall–Kier alpha value is -2.13. The van der Waals surface area contributed by atoms with Gasteiger partial charge >= 0.3 is 0 Å². The Labute approximate surface area is 157 Å². The van der Waals surface area contributed by atoms with E-state index in [0.717, 1.165) is 38.9 Å². The first-order chi connectivity index (χ1) is 12.7. The minimum absolute atomic E-state index is 0.116. The monoisotopic (exact) mass is 350 g/mol. The van der Waals surface area contributed by atoms with E-state index in [-0.39, 0.29) is 17.9 Å². The van der Waals surface area contributed by atoms with Crippen LogP contribution in [0, 0.1) is 12.8 Å². The van der Waals surface area contributed by atoms with Gasteiger partial charge in [-0.3, -0.25) is 9.69 Å². The lowest BCUT2D eigenvalue weighted by molar-refractivity contribution is -0.127. The number of piperidine rings is 1. The van der Waals surface area contributed by atoms with Gasteiger partial charge < -0.3 is 5.32 Å². The molecule has 3 nitrogen and oxygen atoms in total. The third kappa shape index (κ3) is 4.95. The van der Waals surface area contributed by atoms with Crippen LogP contribution in [0.2, 0.25) is 0 Å². The third-order valence-electron chi connectivity index (χ3n) is 5.41. The van der Waals surface area contributed by atoms with Gasteiger partial charge in [0, 0.05) is 12.5 Å². The van der Waals surface area contributed by atoms with E-state index in [0.29, 0.717) is 0 Å². The number of nitrogens with one attached hydrogen (secondary N) is 1. The molecule has 1 amide bonds. The van der Waals surface area contributed by atoms with Crippen LogP contribution in [-0.4, -0.2) is 23.9 Å². The van der Waals surface area contributed by atoms with Crippen molar-refractivity contribution in [3.63, 3.8) is 0 Å². The van der Waals surface area contributed by atoms with Crippen molar-refractivity contribution in [1.29, 1.82) is 0 Å². The summed E-state index contributed by atoms with van der Waals surface area (Å²) in [6, 6.07) is 19.2. The fourth-order valence-electron chi connectivity index (χ4n) is 3.70. The Morgan fingerprint density at radius 1 is 1.08 bits per heavy atom. The summed E-state index contributed by atoms with van der Waals surface area (Å²) in [5, 5.41) is 3.28. The SMILES string of the molecule is CC[C@H](NC(=O)C1CCN(Cc2ccccc2)CC1)c1ccc(C)cc1. The van der Waals surface area contributed by atoms with Crippen LogP contribution in [0.25, 0.3) is 0 Å². The first-order valence-electron chi connectivity index (χ1n) is 9.79. The van der Waals surface area contributed by atoms with E-state index in [1.165, 1.54) is 16.7 Å². The second-order valence-corrected chi connectivity index (χ2v) is 7.42. The Morgan fingerprint density at radius 2 is 1.73 bits per heavy atom. The van der Waals surface area contributed by atoms with E-state index >= 15 is 0 Å². The maximum atomic E-state index is 12.7. The number of likely N-dealkylation sites (tertiary alicyclic amines) is 1. The van der Waals surface area contributed by atoms with Gasteiger partial charge in [-0.25, -0.2) is 0 Å². The Kier molecular flexibility index (Phi) is 6.45. The highest BCUT2D eigenvalue weighted by molar-refractivity contribution is 5.79. The summed E-state index contributed by atoms with van der Waals surface area (Å²) >= 11 is 0. The van der Waals surface area contributed by atoms with Crippen LogP contribution < -0.4 is 5.32 Å². The van der Waals surface area contributed by atoms with Crippen LogP contribution in [0.3, 0.4) is 0 Å². The van der Waals surface area contributed by atoms with Crippen LogP contribution in [0.4, 0.5) is 0 Å². The number of carbonyl (C=O) groups is 1. The quantitative estimate of drug-likeness (QED) is 0.833. The lowest BCUT2D eigenvalue weighted by Crippen LogP contribution is -2.41. The number of rotatable bonds is 6. The topological polar surface area (TPSA) is 32.3 Å². The molecule has 26 heavy (non-hydrogen) atoms. The molecule has 0 bridgehead atoms. The Balaban J connectivity index is 1.50. The maximum absolute atomic E-state index is 12.7. The average Bonchev–Trinajstić information content (AvgIpc) is 2.68. The van der Waals surface area contributed by atoms with Crippen molar-refractivity contribution >= 4 is 5.91 Å². The van der Waals surface area contributed by atoms with Crippen molar-refractivity contribution < 1.29 is 4.79 Å². The molecule has 2 aromatic carbocycles. The predicted octanol–water partition coefficient (Wildman–Crippen LogP) is 4.47. The predicted molar refractivity (Wildman–Crippen MR) is 107 cm³/mol. The first kappa shape index (κ1) is 18.7. The molecule has 3 rings (SSSR count). The molecule has 0 radical (unpaired) electrons. The first-order valence-corrected chi connectivity index (χ1v) is 9.79. The molecule has 1 saturated heterocycles. The summed E-state index contributed by atoms with van der Waals surface area (Å²) in [5.41, 5.74) is 3.80. The fraction of sp³-hybridized carbons (Fsp3) is 0.435. The zero-order valence-corrected chi connectivity index (χ0v) is 15.9. The van der Waals surface area contributed by atoms with E-state index in [9.17, 15) is 4.79 Å². The van der Waals surface area contributed by atoms with Gasteiger partial charge in [0.2, 0.25) is 5.91 Å². The number of benzene rings is 2. The standard InChI is InChI=1S/C23H30N2O/c1-3-22(20-11-9-18(2)10-12-20)24-23(26)21-13-15-25(16-14-21)17-19-7-5-4-6-8-19/h4-12,21-22H,3,13-17H2,1-2H3,(H,24,26)/t22-/m0/s1. The van der Waals surface area contributed by atoms with E-state index < -0.39 is 0 Å². The molecule has 138 valence electrons. The molecule has 0 saturated carbocycles. The van der Waals surface area contributed by atoms with E-state index in [1.54, 1.807) is 0 Å². The summed E-state index contributed by atoms with van der Waals surface area (Å²) in [7, 11) is 0. The largest absolute Gasteiger partial charge is 0.349 e. The number of amides is 1. The van der Waals surface area contributed by atoms with Crippen molar-refractivity contribution in [2.75, 3.05) is 13.1 Å². The molecule has 0 unspecified atom stereocenters. The van der Waals surface area contributed by atoms with E-state index in [4.69, 9.17) is 0 Å². The van der Waals surface area contributed by atoms with Crippen molar-refractivity contribution in [3.05, 3.63) is 71.3 Å². The summed E-state index contributed by atoms with van der Waals surface area (Å²) in [6.45, 7) is 7.19. The van der Waals surface area contributed by atoms with Crippen LogP contribution in [0.5, 0.6) is 0 Å². The van der Waals surface area contributed by atoms with Gasteiger partial charge in [-0.05, 0) is 50.4 Å². The third-order valence-corrected chi connectivity index (χ3v) is 5.41. The lowest BCUT2D eigenvalue weighted by Gasteiger charge is -2.32. The zero-order valence-electron chi connectivity index (χ0n) is 15.9. The number of carbonyl (C=O) groups excluding carboxylic acids is 1. The molecule has 1 aliphatic heterocycles. The van der Waals surface area contributed by atoms with Gasteiger partial charge in [0.1, 0.15) is 0 Å². The molecule has 3 heteroatoms. The average molecular weight is 351 g/mol. The second-order valence-electron chi connectivity index (χ2n) is 7.42. The zero-order chi connectivity index (χ0) is 18.4.